The summed E-state index contributed by atoms with van der Waals surface area (Å²) in [5.41, 5.74) is 1.10. The van der Waals surface area contributed by atoms with Gasteiger partial charge in [-0.15, -0.1) is 0 Å². The Bertz CT molecular complexity index is 753. The molecule has 1 fully saturated rings. The van der Waals surface area contributed by atoms with E-state index in [0.717, 1.165) is 10.9 Å². The Morgan fingerprint density at radius 3 is 2.95 bits per heavy atom. The van der Waals surface area contributed by atoms with E-state index in [-0.39, 0.29) is 30.0 Å². The van der Waals surface area contributed by atoms with Gasteiger partial charge >= 0.3 is 0 Å². The largest absolute Gasteiger partial charge is 0.375 e. The molecule has 116 valence electrons. The zero-order chi connectivity index (χ0) is 15.7. The molecule has 1 aromatic carbocycles. The van der Waals surface area contributed by atoms with E-state index >= 15 is 0 Å². The topological polar surface area (TPSA) is 62.4 Å². The van der Waals surface area contributed by atoms with E-state index < -0.39 is 0 Å². The van der Waals surface area contributed by atoms with Gasteiger partial charge in [-0.3, -0.25) is 9.59 Å². The normalized spacial score (nSPS) is 22.0. The summed E-state index contributed by atoms with van der Waals surface area (Å²) in [7, 11) is 0. The zero-order valence-corrected chi connectivity index (χ0v) is 12.8. The van der Waals surface area contributed by atoms with Crippen LogP contribution < -0.4 is 5.56 Å². The van der Waals surface area contributed by atoms with Crippen LogP contribution in [-0.2, 0) is 16.0 Å². The number of benzene rings is 1. The minimum atomic E-state index is -0.194. The van der Waals surface area contributed by atoms with Crippen LogP contribution in [-0.4, -0.2) is 41.1 Å². The van der Waals surface area contributed by atoms with Gasteiger partial charge < -0.3 is 14.6 Å². The number of hydrogen-bond acceptors (Lipinski definition) is 3. The van der Waals surface area contributed by atoms with Crippen LogP contribution in [0.25, 0.3) is 10.9 Å². The van der Waals surface area contributed by atoms with Gasteiger partial charge in [-0.2, -0.15) is 0 Å². The van der Waals surface area contributed by atoms with Crippen LogP contribution in [0.15, 0.2) is 35.1 Å². The van der Waals surface area contributed by atoms with Crippen LogP contribution in [0, 0.1) is 0 Å². The Morgan fingerprint density at radius 1 is 1.36 bits per heavy atom. The molecule has 2 atom stereocenters. The molecule has 5 heteroatoms. The van der Waals surface area contributed by atoms with Gasteiger partial charge in [0.2, 0.25) is 5.91 Å². The number of nitrogens with zero attached hydrogens (tertiary/aromatic N) is 1. The van der Waals surface area contributed by atoms with Gasteiger partial charge in [0.05, 0.1) is 25.2 Å². The van der Waals surface area contributed by atoms with Crippen molar-refractivity contribution in [2.24, 2.45) is 0 Å². The van der Waals surface area contributed by atoms with E-state index in [1.807, 2.05) is 43.0 Å². The fourth-order valence-electron chi connectivity index (χ4n) is 2.84. The van der Waals surface area contributed by atoms with E-state index in [1.165, 1.54) is 0 Å². The molecule has 2 aromatic rings. The third-order valence-corrected chi connectivity index (χ3v) is 4.10. The molecule has 0 saturated carbocycles. The van der Waals surface area contributed by atoms with Crippen LogP contribution in [0.3, 0.4) is 0 Å². The number of para-hydroxylation sites is 1. The summed E-state index contributed by atoms with van der Waals surface area (Å²) < 4.78 is 5.54. The van der Waals surface area contributed by atoms with Crippen LogP contribution in [0.1, 0.15) is 19.4 Å². The molecular weight excluding hydrogens is 280 g/mol. The number of carbonyl (C=O) groups excluding carboxylic acids is 1. The van der Waals surface area contributed by atoms with Crippen LogP contribution in [0.5, 0.6) is 0 Å². The predicted octanol–water partition coefficient (Wildman–Crippen LogP) is 1.71. The molecule has 1 amide bonds. The maximum atomic E-state index is 12.5. The zero-order valence-electron chi connectivity index (χ0n) is 12.8. The van der Waals surface area contributed by atoms with Crippen LogP contribution in [0.2, 0.25) is 0 Å². The first-order chi connectivity index (χ1) is 10.5. The van der Waals surface area contributed by atoms with Gasteiger partial charge in [0.1, 0.15) is 0 Å². The van der Waals surface area contributed by atoms with E-state index in [2.05, 4.69) is 4.98 Å². The molecule has 5 nitrogen and oxygen atoms in total. The molecule has 1 N–H and O–H groups in total. The molecular formula is C17H20N2O3. The Balaban J connectivity index is 1.84. The molecule has 22 heavy (non-hydrogen) atoms. The lowest BCUT2D eigenvalue weighted by molar-refractivity contribution is -0.142. The van der Waals surface area contributed by atoms with Crippen molar-refractivity contribution in [3.63, 3.8) is 0 Å². The molecule has 0 spiro atoms. The van der Waals surface area contributed by atoms with Crippen molar-refractivity contribution in [2.45, 2.75) is 32.4 Å². The number of aromatic nitrogens is 1. The summed E-state index contributed by atoms with van der Waals surface area (Å²) >= 11 is 0. The second-order valence-electron chi connectivity index (χ2n) is 5.93. The molecule has 0 radical (unpaired) electrons. The van der Waals surface area contributed by atoms with Crippen LogP contribution >= 0.6 is 0 Å². The maximum Gasteiger partial charge on any atom is 0.252 e. The lowest BCUT2D eigenvalue weighted by Gasteiger charge is -2.36. The molecule has 0 unspecified atom stereocenters. The lowest BCUT2D eigenvalue weighted by atomic mass is 10.1. The number of pyridine rings is 1. The van der Waals surface area contributed by atoms with Gasteiger partial charge in [-0.25, -0.2) is 0 Å². The van der Waals surface area contributed by atoms with E-state index in [4.69, 9.17) is 4.74 Å². The monoisotopic (exact) mass is 300 g/mol. The lowest BCUT2D eigenvalue weighted by Crippen LogP contribution is -2.50. The predicted molar refractivity (Wildman–Crippen MR) is 84.9 cm³/mol. The van der Waals surface area contributed by atoms with Crippen molar-refractivity contribution in [3.05, 3.63) is 46.2 Å². The van der Waals surface area contributed by atoms with Gasteiger partial charge in [-0.05, 0) is 31.4 Å². The average Bonchev–Trinajstić information content (AvgIpc) is 2.50. The number of aromatic amines is 1. The summed E-state index contributed by atoms with van der Waals surface area (Å²) in [4.78, 5) is 29.3. The smallest absolute Gasteiger partial charge is 0.252 e. The van der Waals surface area contributed by atoms with Gasteiger partial charge in [0.25, 0.3) is 5.56 Å². The Hall–Kier alpha value is -2.14. The molecule has 0 aliphatic carbocycles. The number of carbonyl (C=O) groups is 1. The highest BCUT2D eigenvalue weighted by atomic mass is 16.5. The van der Waals surface area contributed by atoms with Crippen LogP contribution in [0.4, 0.5) is 0 Å². The number of fused-ring (bicyclic) bond motifs is 1. The second-order valence-corrected chi connectivity index (χ2v) is 5.93. The number of rotatable bonds is 2. The number of H-pyrrole nitrogens is 1. The van der Waals surface area contributed by atoms with E-state index in [9.17, 15) is 9.59 Å². The quantitative estimate of drug-likeness (QED) is 0.918. The summed E-state index contributed by atoms with van der Waals surface area (Å²) in [6, 6.07) is 9.42. The van der Waals surface area contributed by atoms with E-state index in [0.29, 0.717) is 18.7 Å². The highest BCUT2D eigenvalue weighted by molar-refractivity contribution is 5.82. The summed E-state index contributed by atoms with van der Waals surface area (Å²) in [5.74, 6) is -0.0246. The molecule has 1 aliphatic rings. The number of hydrogen-bond donors (Lipinski definition) is 1. The SMILES string of the molecule is C[C@@H]1CN(C(=O)Cc2cc3ccccc3[nH]c2=O)[C@H](C)CO1. The molecule has 2 heterocycles. The summed E-state index contributed by atoms with van der Waals surface area (Å²) in [5, 5.41) is 0.938. The van der Waals surface area contributed by atoms with Crippen molar-refractivity contribution in [1.29, 1.82) is 0 Å². The van der Waals surface area contributed by atoms with Gasteiger partial charge in [-0.1, -0.05) is 18.2 Å². The van der Waals surface area contributed by atoms with Crippen molar-refractivity contribution in [3.8, 4) is 0 Å². The molecule has 3 rings (SSSR count). The number of morpholine rings is 1. The average molecular weight is 300 g/mol. The van der Waals surface area contributed by atoms with Gasteiger partial charge in [0, 0.05) is 17.6 Å². The van der Waals surface area contributed by atoms with Crippen molar-refractivity contribution in [1.82, 2.24) is 9.88 Å². The molecule has 1 saturated heterocycles. The Morgan fingerprint density at radius 2 is 2.14 bits per heavy atom. The molecule has 0 bridgehead atoms. The minimum absolute atomic E-state index is 0.0246. The first-order valence-corrected chi connectivity index (χ1v) is 7.56. The number of ether oxygens (including phenoxy) is 1. The van der Waals surface area contributed by atoms with Gasteiger partial charge in [0.15, 0.2) is 0 Å². The standard InChI is InChI=1S/C17H20N2O3/c1-11-10-22-12(2)9-19(11)16(20)8-14-7-13-5-3-4-6-15(13)18-17(14)21/h3-7,11-12H,8-10H2,1-2H3,(H,18,21)/t11-,12-/m1/s1. The van der Waals surface area contributed by atoms with Crippen molar-refractivity contribution >= 4 is 16.8 Å². The van der Waals surface area contributed by atoms with Crippen molar-refractivity contribution in [2.75, 3.05) is 13.2 Å². The fraction of sp³-hybridized carbons (Fsp3) is 0.412. The highest BCUT2D eigenvalue weighted by Gasteiger charge is 2.27. The van der Waals surface area contributed by atoms with Crippen molar-refractivity contribution < 1.29 is 9.53 Å². The summed E-state index contributed by atoms with van der Waals surface area (Å²) in [6.07, 6.45) is 0.159. The maximum absolute atomic E-state index is 12.5. The number of amides is 1. The number of nitrogens with one attached hydrogen (secondary N) is 1. The molecule has 1 aliphatic heterocycles. The Labute approximate surface area is 128 Å². The summed E-state index contributed by atoms with van der Waals surface area (Å²) in [6.45, 7) is 5.04. The fourth-order valence-corrected chi connectivity index (χ4v) is 2.84. The third-order valence-electron chi connectivity index (χ3n) is 4.10. The second kappa shape index (κ2) is 5.93. The highest BCUT2D eigenvalue weighted by Crippen LogP contribution is 2.15. The first-order valence-electron chi connectivity index (χ1n) is 7.56. The minimum Gasteiger partial charge on any atom is -0.375 e. The molecule has 1 aromatic heterocycles. The third kappa shape index (κ3) is 2.90. The Kier molecular flexibility index (Phi) is 3.98. The van der Waals surface area contributed by atoms with E-state index in [1.54, 1.807) is 6.07 Å². The first kappa shape index (κ1) is 14.8.